The van der Waals surface area contributed by atoms with Crippen molar-refractivity contribution >= 4 is 37.6 Å². The number of aromatic carboxylic acids is 1. The average molecular weight is 346 g/mol. The van der Waals surface area contributed by atoms with Crippen molar-refractivity contribution < 1.29 is 18.3 Å². The molecule has 0 radical (unpaired) electrons. The molecule has 2 rings (SSSR count). The molecule has 2 aromatic heterocycles. The van der Waals surface area contributed by atoms with Crippen molar-refractivity contribution in [1.29, 1.82) is 0 Å². The fraction of sp³-hybridized carbons (Fsp3) is 0. The van der Waals surface area contributed by atoms with Crippen LogP contribution >= 0.6 is 15.9 Å². The third-order valence-corrected chi connectivity index (χ3v) is 4.01. The van der Waals surface area contributed by atoms with Gasteiger partial charge in [-0.05, 0) is 34.1 Å². The first kappa shape index (κ1) is 13.6. The number of carbonyl (C=O) groups is 1. The van der Waals surface area contributed by atoms with Gasteiger partial charge in [0.2, 0.25) is 0 Å². The lowest BCUT2D eigenvalue weighted by atomic mass is 10.4. The van der Waals surface area contributed by atoms with Crippen molar-refractivity contribution in [2.45, 2.75) is 4.90 Å². The molecule has 0 aliphatic rings. The van der Waals surface area contributed by atoms with Crippen molar-refractivity contribution in [3.8, 4) is 0 Å². The van der Waals surface area contributed by atoms with Crippen LogP contribution in [0.5, 0.6) is 0 Å². The largest absolute Gasteiger partial charge is 0.477 e. The summed E-state index contributed by atoms with van der Waals surface area (Å²) < 4.78 is 26.8. The van der Waals surface area contributed by atoms with E-state index in [1.54, 1.807) is 6.07 Å². The molecule has 0 aliphatic carbocycles. The predicted octanol–water partition coefficient (Wildman–Crippen LogP) is 1.67. The van der Waals surface area contributed by atoms with Crippen LogP contribution in [0, 0.1) is 0 Å². The number of sulfonamides is 1. The number of nitrogens with one attached hydrogen (secondary N) is 2. The van der Waals surface area contributed by atoms with Crippen molar-refractivity contribution in [3.05, 3.63) is 40.9 Å². The molecule has 0 saturated heterocycles. The maximum atomic E-state index is 12.0. The number of hydrogen-bond donors (Lipinski definition) is 3. The highest BCUT2D eigenvalue weighted by molar-refractivity contribution is 9.10. The smallest absolute Gasteiger partial charge is 0.352 e. The third kappa shape index (κ3) is 3.12. The molecular weight excluding hydrogens is 338 g/mol. The van der Waals surface area contributed by atoms with E-state index >= 15 is 0 Å². The molecule has 0 bridgehead atoms. The first-order valence-electron chi connectivity index (χ1n) is 4.94. The highest BCUT2D eigenvalue weighted by Crippen LogP contribution is 2.17. The molecule has 0 fully saturated rings. The summed E-state index contributed by atoms with van der Waals surface area (Å²) in [5, 5.41) is 8.72. The second-order valence-corrected chi connectivity index (χ2v) is 6.02. The fourth-order valence-electron chi connectivity index (χ4n) is 1.30. The molecule has 0 unspecified atom stereocenters. The molecule has 0 amide bonds. The molecule has 100 valence electrons. The van der Waals surface area contributed by atoms with Gasteiger partial charge in [-0.25, -0.2) is 18.2 Å². The number of rotatable bonds is 4. The number of nitrogens with zero attached hydrogens (tertiary/aromatic N) is 1. The zero-order valence-electron chi connectivity index (χ0n) is 9.29. The molecule has 7 nitrogen and oxygen atoms in total. The maximum absolute atomic E-state index is 12.0. The number of pyridine rings is 1. The van der Waals surface area contributed by atoms with Crippen molar-refractivity contribution in [3.63, 3.8) is 0 Å². The van der Waals surface area contributed by atoms with Crippen LogP contribution < -0.4 is 4.72 Å². The maximum Gasteiger partial charge on any atom is 0.352 e. The fourth-order valence-corrected chi connectivity index (χ4v) is 2.57. The van der Waals surface area contributed by atoms with E-state index in [0.29, 0.717) is 4.60 Å². The summed E-state index contributed by atoms with van der Waals surface area (Å²) >= 11 is 3.13. The number of anilines is 1. The Balaban J connectivity index is 2.26. The van der Waals surface area contributed by atoms with Crippen LogP contribution in [-0.2, 0) is 10.0 Å². The summed E-state index contributed by atoms with van der Waals surface area (Å²) in [6.45, 7) is 0. The molecule has 19 heavy (non-hydrogen) atoms. The zero-order chi connectivity index (χ0) is 14.0. The van der Waals surface area contributed by atoms with Crippen LogP contribution in [0.25, 0.3) is 0 Å². The second-order valence-electron chi connectivity index (χ2n) is 3.53. The normalized spacial score (nSPS) is 11.2. The molecule has 2 aromatic rings. The van der Waals surface area contributed by atoms with Crippen LogP contribution in [0.1, 0.15) is 10.5 Å². The minimum atomic E-state index is -3.84. The standard InChI is InChI=1S/C10H8BrN3O4S/c11-9-2-1-6(4-13-9)14-19(17,18)7-3-8(10(15)16)12-5-7/h1-5,12,14H,(H,15,16). The summed E-state index contributed by atoms with van der Waals surface area (Å²) in [6.07, 6.45) is 2.45. The molecule has 3 N–H and O–H groups in total. The van der Waals surface area contributed by atoms with Gasteiger partial charge in [0, 0.05) is 6.20 Å². The molecule has 0 aromatic carbocycles. The molecular formula is C10H8BrN3O4S. The lowest BCUT2D eigenvalue weighted by Gasteiger charge is -2.05. The van der Waals surface area contributed by atoms with E-state index < -0.39 is 16.0 Å². The van der Waals surface area contributed by atoms with Gasteiger partial charge >= 0.3 is 5.97 Å². The highest BCUT2D eigenvalue weighted by atomic mass is 79.9. The minimum Gasteiger partial charge on any atom is -0.477 e. The van der Waals surface area contributed by atoms with Gasteiger partial charge in [-0.1, -0.05) is 0 Å². The Bertz CT molecular complexity index is 709. The van der Waals surface area contributed by atoms with E-state index in [9.17, 15) is 13.2 Å². The Morgan fingerprint density at radius 3 is 2.68 bits per heavy atom. The van der Waals surface area contributed by atoms with E-state index in [0.717, 1.165) is 12.3 Å². The van der Waals surface area contributed by atoms with E-state index in [4.69, 9.17) is 5.11 Å². The van der Waals surface area contributed by atoms with Crippen LogP contribution in [0.15, 0.2) is 40.1 Å². The number of aromatic amines is 1. The Morgan fingerprint density at radius 1 is 1.42 bits per heavy atom. The quantitative estimate of drug-likeness (QED) is 0.729. The first-order valence-corrected chi connectivity index (χ1v) is 7.22. The lowest BCUT2D eigenvalue weighted by molar-refractivity contribution is 0.0691. The monoisotopic (exact) mass is 345 g/mol. The molecule has 0 atom stereocenters. The van der Waals surface area contributed by atoms with Gasteiger partial charge < -0.3 is 10.1 Å². The summed E-state index contributed by atoms with van der Waals surface area (Å²) in [4.78, 5) is 16.8. The van der Waals surface area contributed by atoms with Gasteiger partial charge in [0.1, 0.15) is 15.2 Å². The van der Waals surface area contributed by atoms with E-state index in [-0.39, 0.29) is 16.3 Å². The van der Waals surface area contributed by atoms with Gasteiger partial charge in [0.05, 0.1) is 11.9 Å². The number of carboxylic acids is 1. The van der Waals surface area contributed by atoms with Crippen molar-refractivity contribution in [1.82, 2.24) is 9.97 Å². The predicted molar refractivity (Wildman–Crippen MR) is 70.5 cm³/mol. The number of carboxylic acid groups (broad SMARTS) is 1. The van der Waals surface area contributed by atoms with Gasteiger partial charge in [-0.15, -0.1) is 0 Å². The van der Waals surface area contributed by atoms with Gasteiger partial charge in [0.25, 0.3) is 10.0 Å². The first-order chi connectivity index (χ1) is 8.88. The summed E-state index contributed by atoms with van der Waals surface area (Å²) in [5.41, 5.74) is 0.0792. The van der Waals surface area contributed by atoms with Crippen LogP contribution in [0.4, 0.5) is 5.69 Å². The Morgan fingerprint density at radius 2 is 2.16 bits per heavy atom. The summed E-state index contributed by atoms with van der Waals surface area (Å²) in [5.74, 6) is -1.23. The Kier molecular flexibility index (Phi) is 3.58. The Hall–Kier alpha value is -1.87. The molecule has 0 saturated carbocycles. The van der Waals surface area contributed by atoms with Crippen molar-refractivity contribution in [2.75, 3.05) is 4.72 Å². The minimum absolute atomic E-state index is 0.159. The molecule has 2 heterocycles. The third-order valence-electron chi connectivity index (χ3n) is 2.18. The molecule has 9 heteroatoms. The molecule has 0 spiro atoms. The SMILES string of the molecule is O=C(O)c1cc(S(=O)(=O)Nc2ccc(Br)nc2)c[nH]1. The lowest BCUT2D eigenvalue weighted by Crippen LogP contribution is -2.12. The number of H-pyrrole nitrogens is 1. The van der Waals surface area contributed by atoms with Gasteiger partial charge in [-0.2, -0.15) is 0 Å². The van der Waals surface area contributed by atoms with Crippen LogP contribution in [0.2, 0.25) is 0 Å². The number of halogens is 1. The zero-order valence-corrected chi connectivity index (χ0v) is 11.7. The summed E-state index contributed by atoms with van der Waals surface area (Å²) in [7, 11) is -3.84. The van der Waals surface area contributed by atoms with E-state index in [1.165, 1.54) is 12.3 Å². The Labute approximate surface area is 116 Å². The van der Waals surface area contributed by atoms with Gasteiger partial charge in [-0.3, -0.25) is 4.72 Å². The van der Waals surface area contributed by atoms with Crippen molar-refractivity contribution in [2.24, 2.45) is 0 Å². The average Bonchev–Trinajstić information content (AvgIpc) is 2.82. The van der Waals surface area contributed by atoms with Crippen LogP contribution in [0.3, 0.4) is 0 Å². The second kappa shape index (κ2) is 5.02. The van der Waals surface area contributed by atoms with E-state index in [1.807, 2.05) is 0 Å². The molecule has 0 aliphatic heterocycles. The summed E-state index contributed by atoms with van der Waals surface area (Å²) in [6, 6.07) is 4.15. The van der Waals surface area contributed by atoms with E-state index in [2.05, 4.69) is 30.6 Å². The highest BCUT2D eigenvalue weighted by Gasteiger charge is 2.18. The van der Waals surface area contributed by atoms with Crippen LogP contribution in [-0.4, -0.2) is 29.5 Å². The number of aromatic nitrogens is 2. The topological polar surface area (TPSA) is 112 Å². The number of hydrogen-bond acceptors (Lipinski definition) is 4. The van der Waals surface area contributed by atoms with Gasteiger partial charge in [0.15, 0.2) is 0 Å².